The van der Waals surface area contributed by atoms with Gasteiger partial charge in [-0.2, -0.15) is 5.10 Å². The lowest BCUT2D eigenvalue weighted by atomic mass is 10.2. The molecule has 0 radical (unpaired) electrons. The maximum Gasteiger partial charge on any atom is 0.242 e. The number of sulfonamides is 1. The number of fused-ring (bicyclic) bond motifs is 1. The molecule has 0 saturated heterocycles. The van der Waals surface area contributed by atoms with Crippen LogP contribution in [0.5, 0.6) is 0 Å². The summed E-state index contributed by atoms with van der Waals surface area (Å²) in [6, 6.07) is 5.18. The molecule has 0 fully saturated rings. The summed E-state index contributed by atoms with van der Waals surface area (Å²) in [5, 5.41) is 8.08. The van der Waals surface area contributed by atoms with Gasteiger partial charge in [-0.3, -0.25) is 4.68 Å². The molecule has 0 unspecified atom stereocenters. The van der Waals surface area contributed by atoms with Crippen LogP contribution in [0.2, 0.25) is 0 Å². The number of benzene rings is 1. The molecule has 2 heterocycles. The highest BCUT2D eigenvalue weighted by Gasteiger charge is 2.20. The lowest BCUT2D eigenvalue weighted by molar-refractivity contribution is 0.520. The number of hydrogen-bond donors (Lipinski definition) is 1. The standard InChI is InChI=1S/C15H18N6O2S/c1-10-5-6-11(7-13(10)24(22,23)20(2)3)19-14-12-8-18-21(4)15(12)17-9-16-14/h5-9H,1-4H3,(H,16,17,19). The van der Waals surface area contributed by atoms with E-state index in [0.717, 1.165) is 5.39 Å². The third kappa shape index (κ3) is 2.72. The zero-order chi connectivity index (χ0) is 17.5. The van der Waals surface area contributed by atoms with Gasteiger partial charge in [0, 0.05) is 26.8 Å². The molecule has 1 N–H and O–H groups in total. The molecule has 0 bridgehead atoms. The minimum atomic E-state index is -3.52. The van der Waals surface area contributed by atoms with Crippen LogP contribution in [0.15, 0.2) is 35.6 Å². The van der Waals surface area contributed by atoms with Crippen molar-refractivity contribution < 1.29 is 8.42 Å². The minimum Gasteiger partial charge on any atom is -0.339 e. The lowest BCUT2D eigenvalue weighted by Crippen LogP contribution is -2.23. The molecule has 3 aromatic rings. The summed E-state index contributed by atoms with van der Waals surface area (Å²) < 4.78 is 27.7. The first-order valence-electron chi connectivity index (χ1n) is 7.23. The van der Waals surface area contributed by atoms with E-state index < -0.39 is 10.0 Å². The third-order valence-corrected chi connectivity index (χ3v) is 5.70. The largest absolute Gasteiger partial charge is 0.339 e. The fourth-order valence-corrected chi connectivity index (χ4v) is 3.50. The van der Waals surface area contributed by atoms with Gasteiger partial charge in [-0.1, -0.05) is 6.07 Å². The van der Waals surface area contributed by atoms with E-state index in [9.17, 15) is 8.42 Å². The second kappa shape index (κ2) is 5.84. The molecule has 126 valence electrons. The van der Waals surface area contributed by atoms with Gasteiger partial charge in [-0.05, 0) is 24.6 Å². The van der Waals surface area contributed by atoms with Crippen molar-refractivity contribution in [2.24, 2.45) is 7.05 Å². The van der Waals surface area contributed by atoms with Gasteiger partial charge in [-0.15, -0.1) is 0 Å². The summed E-state index contributed by atoms with van der Waals surface area (Å²) >= 11 is 0. The van der Waals surface area contributed by atoms with Gasteiger partial charge >= 0.3 is 0 Å². The van der Waals surface area contributed by atoms with Gasteiger partial charge in [-0.25, -0.2) is 22.7 Å². The van der Waals surface area contributed by atoms with Crippen molar-refractivity contribution in [3.8, 4) is 0 Å². The predicted octanol–water partition coefficient (Wildman–Crippen LogP) is 1.67. The molecular weight excluding hydrogens is 328 g/mol. The predicted molar refractivity (Wildman–Crippen MR) is 91.6 cm³/mol. The molecule has 0 aliphatic heterocycles. The Kier molecular flexibility index (Phi) is 3.98. The highest BCUT2D eigenvalue weighted by molar-refractivity contribution is 7.89. The van der Waals surface area contributed by atoms with E-state index >= 15 is 0 Å². The molecule has 9 heteroatoms. The van der Waals surface area contributed by atoms with E-state index in [1.807, 2.05) is 6.07 Å². The molecule has 0 aliphatic rings. The van der Waals surface area contributed by atoms with Crippen LogP contribution >= 0.6 is 0 Å². The number of rotatable bonds is 4. The Hall–Kier alpha value is -2.52. The summed E-state index contributed by atoms with van der Waals surface area (Å²) in [5.74, 6) is 0.574. The Balaban J connectivity index is 2.05. The average Bonchev–Trinajstić information content (AvgIpc) is 2.91. The van der Waals surface area contributed by atoms with Crippen molar-refractivity contribution in [1.82, 2.24) is 24.1 Å². The fourth-order valence-electron chi connectivity index (χ4n) is 2.35. The summed E-state index contributed by atoms with van der Waals surface area (Å²) in [6.45, 7) is 1.77. The van der Waals surface area contributed by atoms with E-state index in [-0.39, 0.29) is 4.90 Å². The SMILES string of the molecule is Cc1ccc(Nc2ncnc3c2cnn3C)cc1S(=O)(=O)N(C)C. The zero-order valence-electron chi connectivity index (χ0n) is 13.8. The van der Waals surface area contributed by atoms with Crippen LogP contribution in [0.1, 0.15) is 5.56 Å². The van der Waals surface area contributed by atoms with Gasteiger partial charge in [0.25, 0.3) is 0 Å². The topological polar surface area (TPSA) is 93.0 Å². The van der Waals surface area contributed by atoms with Crippen LogP contribution < -0.4 is 5.32 Å². The third-order valence-electron chi connectivity index (χ3n) is 3.74. The molecule has 24 heavy (non-hydrogen) atoms. The van der Waals surface area contributed by atoms with Crippen LogP contribution in [0.3, 0.4) is 0 Å². The van der Waals surface area contributed by atoms with Crippen molar-refractivity contribution in [2.45, 2.75) is 11.8 Å². The Morgan fingerprint density at radius 3 is 2.67 bits per heavy atom. The van der Waals surface area contributed by atoms with Crippen molar-refractivity contribution in [2.75, 3.05) is 19.4 Å². The van der Waals surface area contributed by atoms with Gasteiger partial charge in [0.05, 0.1) is 16.5 Å². The quantitative estimate of drug-likeness (QED) is 0.772. The number of aromatic nitrogens is 4. The number of nitrogens with one attached hydrogen (secondary N) is 1. The van der Waals surface area contributed by atoms with E-state index in [1.54, 1.807) is 37.0 Å². The molecule has 0 spiro atoms. The smallest absolute Gasteiger partial charge is 0.242 e. The number of hydrogen-bond acceptors (Lipinski definition) is 6. The molecule has 0 atom stereocenters. The number of nitrogens with zero attached hydrogens (tertiary/aromatic N) is 5. The Morgan fingerprint density at radius 1 is 1.21 bits per heavy atom. The van der Waals surface area contributed by atoms with Crippen molar-refractivity contribution >= 4 is 32.6 Å². The first-order chi connectivity index (χ1) is 11.3. The summed E-state index contributed by atoms with van der Waals surface area (Å²) in [5.41, 5.74) is 2.01. The molecule has 0 aliphatic carbocycles. The second-order valence-electron chi connectivity index (χ2n) is 5.62. The van der Waals surface area contributed by atoms with Crippen molar-refractivity contribution in [3.05, 3.63) is 36.3 Å². The average molecular weight is 346 g/mol. The van der Waals surface area contributed by atoms with Crippen molar-refractivity contribution in [3.63, 3.8) is 0 Å². The van der Waals surface area contributed by atoms with Crippen LogP contribution in [0.4, 0.5) is 11.5 Å². The van der Waals surface area contributed by atoms with E-state index in [1.165, 1.54) is 24.7 Å². The number of aryl methyl sites for hydroxylation is 2. The molecular formula is C15H18N6O2S. The molecule has 2 aromatic heterocycles. The molecule has 8 nitrogen and oxygen atoms in total. The van der Waals surface area contributed by atoms with Crippen molar-refractivity contribution in [1.29, 1.82) is 0 Å². The highest BCUT2D eigenvalue weighted by Crippen LogP contribution is 2.26. The summed E-state index contributed by atoms with van der Waals surface area (Å²) in [6.07, 6.45) is 3.11. The van der Waals surface area contributed by atoms with E-state index in [0.29, 0.717) is 22.7 Å². The van der Waals surface area contributed by atoms with Gasteiger partial charge < -0.3 is 5.32 Å². The first-order valence-corrected chi connectivity index (χ1v) is 8.67. The van der Waals surface area contributed by atoms with Crippen LogP contribution in [-0.4, -0.2) is 46.6 Å². The van der Waals surface area contributed by atoms with E-state index in [4.69, 9.17) is 0 Å². The summed E-state index contributed by atoms with van der Waals surface area (Å²) in [7, 11) is 1.31. The lowest BCUT2D eigenvalue weighted by Gasteiger charge is -2.15. The first kappa shape index (κ1) is 16.3. The molecule has 0 amide bonds. The second-order valence-corrected chi connectivity index (χ2v) is 7.74. The highest BCUT2D eigenvalue weighted by atomic mass is 32.2. The van der Waals surface area contributed by atoms with Gasteiger partial charge in [0.1, 0.15) is 12.1 Å². The maximum absolute atomic E-state index is 12.4. The van der Waals surface area contributed by atoms with E-state index in [2.05, 4.69) is 20.4 Å². The van der Waals surface area contributed by atoms with Crippen LogP contribution in [0.25, 0.3) is 11.0 Å². The maximum atomic E-state index is 12.4. The normalized spacial score (nSPS) is 12.0. The van der Waals surface area contributed by atoms with Gasteiger partial charge in [0.2, 0.25) is 10.0 Å². The Labute approximate surface area is 140 Å². The molecule has 3 rings (SSSR count). The Bertz CT molecular complexity index is 1010. The van der Waals surface area contributed by atoms with Crippen LogP contribution in [0, 0.1) is 6.92 Å². The number of anilines is 2. The zero-order valence-corrected chi connectivity index (χ0v) is 14.7. The molecule has 1 aromatic carbocycles. The Morgan fingerprint density at radius 2 is 1.96 bits per heavy atom. The van der Waals surface area contributed by atoms with Gasteiger partial charge in [0.15, 0.2) is 5.65 Å². The minimum absolute atomic E-state index is 0.258. The fraction of sp³-hybridized carbons (Fsp3) is 0.267. The summed E-state index contributed by atoms with van der Waals surface area (Å²) in [4.78, 5) is 8.67. The van der Waals surface area contributed by atoms with Crippen LogP contribution in [-0.2, 0) is 17.1 Å². The monoisotopic (exact) mass is 346 g/mol. The molecule has 0 saturated carbocycles.